The maximum absolute atomic E-state index is 12.1. The highest BCUT2D eigenvalue weighted by atomic mass is 19.4. The molecular formula is C5H8F3N3. The summed E-state index contributed by atoms with van der Waals surface area (Å²) in [6.45, 7) is 0.733. The first-order valence-corrected chi connectivity index (χ1v) is 3.02. The van der Waals surface area contributed by atoms with Crippen LogP contribution in [0.5, 0.6) is 0 Å². The molecule has 6 heteroatoms. The first-order valence-electron chi connectivity index (χ1n) is 3.02. The minimum atomic E-state index is -4.32. The molecule has 0 aromatic rings. The van der Waals surface area contributed by atoms with Gasteiger partial charge in [0.1, 0.15) is 0 Å². The Morgan fingerprint density at radius 2 is 2.09 bits per heavy atom. The molecule has 0 amide bonds. The molecule has 0 bridgehead atoms. The molecule has 0 aliphatic carbocycles. The zero-order chi connectivity index (χ0) is 8.70. The molecule has 1 saturated heterocycles. The van der Waals surface area contributed by atoms with Gasteiger partial charge in [0.25, 0.3) is 0 Å². The van der Waals surface area contributed by atoms with Crippen molar-refractivity contribution in [2.24, 2.45) is 0 Å². The number of hydrogen-bond acceptors (Lipinski definition) is 1. The molecule has 0 radical (unpaired) electrons. The van der Waals surface area contributed by atoms with Crippen LogP contribution in [0.25, 0.3) is 0 Å². The van der Waals surface area contributed by atoms with Crippen LogP contribution in [0.1, 0.15) is 6.92 Å². The van der Waals surface area contributed by atoms with E-state index in [1.54, 1.807) is 0 Å². The van der Waals surface area contributed by atoms with Crippen LogP contribution in [0, 0.1) is 5.41 Å². The van der Waals surface area contributed by atoms with Gasteiger partial charge in [-0.15, -0.1) is 0 Å². The number of nitrogens with one attached hydrogen (secondary N) is 3. The number of hydrogen-bond donors (Lipinski definition) is 3. The largest absolute Gasteiger partial charge is 0.412 e. The fraction of sp³-hybridized carbons (Fsp3) is 0.800. The van der Waals surface area contributed by atoms with Crippen molar-refractivity contribution in [1.29, 1.82) is 5.41 Å². The van der Waals surface area contributed by atoms with Crippen LogP contribution in [-0.4, -0.2) is 24.2 Å². The van der Waals surface area contributed by atoms with Crippen LogP contribution in [-0.2, 0) is 0 Å². The van der Waals surface area contributed by atoms with Crippen LogP contribution in [0.3, 0.4) is 0 Å². The maximum atomic E-state index is 12.1. The second-order valence-electron chi connectivity index (χ2n) is 2.68. The molecule has 3 N–H and O–H groups in total. The van der Waals surface area contributed by atoms with Crippen molar-refractivity contribution < 1.29 is 13.2 Å². The second-order valence-corrected chi connectivity index (χ2v) is 2.68. The summed E-state index contributed by atoms with van der Waals surface area (Å²) in [7, 11) is 0. The molecule has 64 valence electrons. The summed E-state index contributed by atoms with van der Waals surface area (Å²) in [4.78, 5) is 0. The van der Waals surface area contributed by atoms with E-state index in [2.05, 4.69) is 5.32 Å². The van der Waals surface area contributed by atoms with E-state index < -0.39 is 11.7 Å². The van der Waals surface area contributed by atoms with Crippen molar-refractivity contribution >= 4 is 5.96 Å². The fourth-order valence-corrected chi connectivity index (χ4v) is 0.801. The van der Waals surface area contributed by atoms with Crippen LogP contribution >= 0.6 is 0 Å². The molecule has 0 aromatic carbocycles. The highest BCUT2D eigenvalue weighted by Gasteiger charge is 2.54. The van der Waals surface area contributed by atoms with Gasteiger partial charge in [-0.2, -0.15) is 13.2 Å². The number of rotatable bonds is 0. The van der Waals surface area contributed by atoms with Crippen LogP contribution in [0.4, 0.5) is 13.2 Å². The zero-order valence-corrected chi connectivity index (χ0v) is 5.84. The first kappa shape index (κ1) is 8.16. The van der Waals surface area contributed by atoms with Gasteiger partial charge in [-0.3, -0.25) is 5.41 Å². The highest BCUT2D eigenvalue weighted by molar-refractivity contribution is 5.80. The van der Waals surface area contributed by atoms with E-state index in [4.69, 9.17) is 5.41 Å². The third-order valence-corrected chi connectivity index (χ3v) is 1.65. The zero-order valence-electron chi connectivity index (χ0n) is 5.84. The molecule has 1 aliphatic heterocycles. The molecule has 1 heterocycles. The smallest absolute Gasteiger partial charge is 0.354 e. The standard InChI is InChI=1S/C5H8F3N3/c1-4(5(6,7)8)2-10-3(9)11-4/h2H2,1H3,(H3,9,10,11). The van der Waals surface area contributed by atoms with Gasteiger partial charge in [-0.05, 0) is 6.92 Å². The molecule has 1 unspecified atom stereocenters. The number of halogens is 3. The van der Waals surface area contributed by atoms with Gasteiger partial charge in [0.15, 0.2) is 11.5 Å². The first-order chi connectivity index (χ1) is 4.85. The Labute approximate surface area is 61.5 Å². The summed E-state index contributed by atoms with van der Waals surface area (Å²) in [5, 5.41) is 11.1. The second kappa shape index (κ2) is 2.02. The fourth-order valence-electron chi connectivity index (χ4n) is 0.801. The molecular weight excluding hydrogens is 159 g/mol. The van der Waals surface area contributed by atoms with Gasteiger partial charge < -0.3 is 10.6 Å². The number of alkyl halides is 3. The molecule has 1 atom stereocenters. The van der Waals surface area contributed by atoms with E-state index in [1.807, 2.05) is 5.32 Å². The lowest BCUT2D eigenvalue weighted by molar-refractivity contribution is -0.181. The summed E-state index contributed by atoms with van der Waals surface area (Å²) in [5.41, 5.74) is -1.98. The van der Waals surface area contributed by atoms with Crippen LogP contribution in [0.15, 0.2) is 0 Å². The van der Waals surface area contributed by atoms with E-state index in [0.29, 0.717) is 0 Å². The SMILES string of the molecule is CC1(C(F)(F)F)CNC(=N)N1. The lowest BCUT2D eigenvalue weighted by atomic mass is 10.0. The third kappa shape index (κ3) is 1.24. The number of guanidine groups is 1. The predicted molar refractivity (Wildman–Crippen MR) is 33.3 cm³/mol. The Morgan fingerprint density at radius 3 is 2.27 bits per heavy atom. The lowest BCUT2D eigenvalue weighted by Crippen LogP contribution is -2.53. The normalized spacial score (nSPS) is 31.5. The van der Waals surface area contributed by atoms with E-state index in [0.717, 1.165) is 6.92 Å². The van der Waals surface area contributed by atoms with Crippen molar-refractivity contribution in [2.45, 2.75) is 18.6 Å². The molecule has 0 saturated carbocycles. The molecule has 0 aromatic heterocycles. The molecule has 1 aliphatic rings. The molecule has 1 fully saturated rings. The minimum Gasteiger partial charge on any atom is -0.354 e. The van der Waals surface area contributed by atoms with E-state index >= 15 is 0 Å². The molecule has 11 heavy (non-hydrogen) atoms. The molecule has 3 nitrogen and oxygen atoms in total. The van der Waals surface area contributed by atoms with E-state index in [-0.39, 0.29) is 12.5 Å². The van der Waals surface area contributed by atoms with Gasteiger partial charge in [0, 0.05) is 6.54 Å². The van der Waals surface area contributed by atoms with Gasteiger partial charge in [0.05, 0.1) is 0 Å². The average Bonchev–Trinajstić information content (AvgIpc) is 2.10. The monoisotopic (exact) mass is 167 g/mol. The van der Waals surface area contributed by atoms with Crippen molar-refractivity contribution in [1.82, 2.24) is 10.6 Å². The summed E-state index contributed by atoms with van der Waals surface area (Å²) in [6, 6.07) is 0. The van der Waals surface area contributed by atoms with Gasteiger partial charge in [-0.25, -0.2) is 0 Å². The highest BCUT2D eigenvalue weighted by Crippen LogP contribution is 2.30. The minimum absolute atomic E-state index is 0.273. The Hall–Kier alpha value is -0.940. The van der Waals surface area contributed by atoms with E-state index in [1.165, 1.54) is 0 Å². The van der Waals surface area contributed by atoms with Gasteiger partial charge >= 0.3 is 6.18 Å². The van der Waals surface area contributed by atoms with Gasteiger partial charge in [0.2, 0.25) is 0 Å². The topological polar surface area (TPSA) is 47.9 Å². The van der Waals surface area contributed by atoms with Crippen molar-refractivity contribution in [3.8, 4) is 0 Å². The average molecular weight is 167 g/mol. The van der Waals surface area contributed by atoms with Crippen LogP contribution < -0.4 is 10.6 Å². The Bertz CT molecular complexity index is 188. The van der Waals surface area contributed by atoms with Crippen molar-refractivity contribution in [3.63, 3.8) is 0 Å². The predicted octanol–water partition coefficient (Wildman–Crippen LogP) is 0.435. The third-order valence-electron chi connectivity index (χ3n) is 1.65. The maximum Gasteiger partial charge on any atom is 0.412 e. The van der Waals surface area contributed by atoms with E-state index in [9.17, 15) is 13.2 Å². The Kier molecular flexibility index (Phi) is 1.50. The molecule has 0 spiro atoms. The summed E-state index contributed by atoms with van der Waals surface area (Å²) in [6.07, 6.45) is -4.32. The summed E-state index contributed by atoms with van der Waals surface area (Å²) >= 11 is 0. The quantitative estimate of drug-likeness (QED) is 0.490. The lowest BCUT2D eigenvalue weighted by Gasteiger charge is -2.25. The van der Waals surface area contributed by atoms with Gasteiger partial charge in [-0.1, -0.05) is 0 Å². The summed E-state index contributed by atoms with van der Waals surface area (Å²) in [5.74, 6) is -0.273. The van der Waals surface area contributed by atoms with Crippen LogP contribution in [0.2, 0.25) is 0 Å². The Morgan fingerprint density at radius 1 is 1.55 bits per heavy atom. The Balaban J connectivity index is 2.77. The van der Waals surface area contributed by atoms with Crippen molar-refractivity contribution in [3.05, 3.63) is 0 Å². The van der Waals surface area contributed by atoms with Crippen molar-refractivity contribution in [2.75, 3.05) is 6.54 Å². The summed E-state index contributed by atoms with van der Waals surface area (Å²) < 4.78 is 36.4. The molecule has 1 rings (SSSR count).